The predicted molar refractivity (Wildman–Crippen MR) is 118 cm³/mol. The normalized spacial score (nSPS) is 37.1. The van der Waals surface area contributed by atoms with Crippen LogP contribution in [0.3, 0.4) is 0 Å². The summed E-state index contributed by atoms with van der Waals surface area (Å²) < 4.78 is 13.2. The molecule has 174 valence electrons. The molecule has 6 rings (SSSR count). The fourth-order valence-electron chi connectivity index (χ4n) is 7.61. The molecule has 2 aliphatic heterocycles. The first-order valence-corrected chi connectivity index (χ1v) is 12.3. The Labute approximate surface area is 189 Å². The molecule has 1 aromatic rings. The highest BCUT2D eigenvalue weighted by atomic mass is 16.5. The Hall–Kier alpha value is -1.83. The summed E-state index contributed by atoms with van der Waals surface area (Å²) in [6.07, 6.45) is 7.11. The van der Waals surface area contributed by atoms with Gasteiger partial charge in [-0.05, 0) is 75.6 Å². The van der Waals surface area contributed by atoms with Crippen molar-refractivity contribution in [3.05, 3.63) is 23.3 Å². The largest absolute Gasteiger partial charge is 0.504 e. The summed E-state index contributed by atoms with van der Waals surface area (Å²) >= 11 is 0. The maximum Gasteiger partial charge on any atom is 0.303 e. The third kappa shape index (κ3) is 2.74. The van der Waals surface area contributed by atoms with Gasteiger partial charge in [0.05, 0.1) is 11.0 Å². The van der Waals surface area contributed by atoms with Crippen LogP contribution in [-0.2, 0) is 21.4 Å². The number of hydrogen-bond acceptors (Lipinski definition) is 6. The number of aliphatic carboxylic acids is 1. The van der Waals surface area contributed by atoms with Crippen LogP contribution in [0.1, 0.15) is 56.1 Å². The number of ether oxygens (including phenoxy) is 2. The third-order valence-electron chi connectivity index (χ3n) is 9.06. The molecule has 2 heterocycles. The Balaban J connectivity index is 1.40. The minimum absolute atomic E-state index is 0.112. The van der Waals surface area contributed by atoms with Gasteiger partial charge in [0.1, 0.15) is 6.10 Å². The SMILES string of the molecule is CO[C@@]12CC[C@@H](NCCCC(=O)O)[C@@H]3Oc4c(O)ccc5c4[C@@]31CCN(CC1CC1)C2C5. The van der Waals surface area contributed by atoms with Gasteiger partial charge in [-0.3, -0.25) is 9.69 Å². The molecule has 0 radical (unpaired) electrons. The van der Waals surface area contributed by atoms with Crippen molar-refractivity contribution in [2.24, 2.45) is 5.92 Å². The van der Waals surface area contributed by atoms with Crippen molar-refractivity contribution < 1.29 is 24.5 Å². The van der Waals surface area contributed by atoms with E-state index in [9.17, 15) is 9.90 Å². The Kier molecular flexibility index (Phi) is 4.76. The highest BCUT2D eigenvalue weighted by Gasteiger charge is 2.73. The number of nitrogens with zero attached hydrogens (tertiary/aromatic N) is 1. The minimum Gasteiger partial charge on any atom is -0.504 e. The summed E-state index contributed by atoms with van der Waals surface area (Å²) in [5.41, 5.74) is 1.88. The Morgan fingerprint density at radius 2 is 2.16 bits per heavy atom. The van der Waals surface area contributed by atoms with Crippen LogP contribution in [0.25, 0.3) is 0 Å². The molecule has 3 aliphatic carbocycles. The maximum absolute atomic E-state index is 10.9. The molecule has 5 atom stereocenters. The van der Waals surface area contributed by atoms with Crippen LogP contribution in [0, 0.1) is 5.92 Å². The fourth-order valence-corrected chi connectivity index (χ4v) is 7.61. The number of piperidine rings is 1. The van der Waals surface area contributed by atoms with Crippen LogP contribution >= 0.6 is 0 Å². The summed E-state index contributed by atoms with van der Waals surface area (Å²) in [4.78, 5) is 13.6. The molecule has 32 heavy (non-hydrogen) atoms. The number of nitrogens with one attached hydrogen (secondary N) is 1. The molecule has 7 nitrogen and oxygen atoms in total. The van der Waals surface area contributed by atoms with E-state index in [4.69, 9.17) is 14.6 Å². The average molecular weight is 443 g/mol. The lowest BCUT2D eigenvalue weighted by atomic mass is 9.48. The molecule has 1 aromatic carbocycles. The molecule has 1 spiro atoms. The van der Waals surface area contributed by atoms with E-state index in [-0.39, 0.29) is 35.3 Å². The second-order valence-corrected chi connectivity index (χ2v) is 10.6. The van der Waals surface area contributed by atoms with Crippen molar-refractivity contribution >= 4 is 5.97 Å². The second-order valence-electron chi connectivity index (χ2n) is 10.6. The van der Waals surface area contributed by atoms with Crippen LogP contribution in [0.15, 0.2) is 12.1 Å². The highest BCUT2D eigenvalue weighted by molar-refractivity contribution is 5.66. The van der Waals surface area contributed by atoms with Crippen LogP contribution in [0.5, 0.6) is 11.5 Å². The molecule has 3 N–H and O–H groups in total. The first kappa shape index (κ1) is 20.8. The molecule has 1 saturated heterocycles. The number of benzene rings is 1. The van der Waals surface area contributed by atoms with Gasteiger partial charge in [-0.25, -0.2) is 0 Å². The molecule has 7 heteroatoms. The number of likely N-dealkylation sites (tertiary alicyclic amines) is 1. The number of methoxy groups -OCH3 is 1. The number of carboxylic acids is 1. The number of rotatable bonds is 8. The van der Waals surface area contributed by atoms with E-state index >= 15 is 0 Å². The summed E-state index contributed by atoms with van der Waals surface area (Å²) in [7, 11) is 1.87. The van der Waals surface area contributed by atoms with Crippen molar-refractivity contribution in [2.75, 3.05) is 26.7 Å². The van der Waals surface area contributed by atoms with E-state index in [1.807, 2.05) is 7.11 Å². The zero-order valence-corrected chi connectivity index (χ0v) is 18.8. The molecule has 1 unspecified atom stereocenters. The highest BCUT2D eigenvalue weighted by Crippen LogP contribution is 2.66. The zero-order chi connectivity index (χ0) is 22.1. The summed E-state index contributed by atoms with van der Waals surface area (Å²) in [6, 6.07) is 4.32. The van der Waals surface area contributed by atoms with Gasteiger partial charge in [0.25, 0.3) is 0 Å². The van der Waals surface area contributed by atoms with Gasteiger partial charge < -0.3 is 25.0 Å². The summed E-state index contributed by atoms with van der Waals surface area (Å²) in [5.74, 6) is 0.950. The Bertz CT molecular complexity index is 933. The van der Waals surface area contributed by atoms with Crippen LogP contribution in [0.2, 0.25) is 0 Å². The lowest BCUT2D eigenvalue weighted by Crippen LogP contribution is -2.78. The number of carboxylic acid groups (broad SMARTS) is 1. The fraction of sp³-hybridized carbons (Fsp3) is 0.720. The van der Waals surface area contributed by atoms with Gasteiger partial charge in [0, 0.05) is 37.7 Å². The summed E-state index contributed by atoms with van der Waals surface area (Å²) in [6.45, 7) is 2.85. The van der Waals surface area contributed by atoms with E-state index in [1.165, 1.54) is 24.0 Å². The zero-order valence-electron chi connectivity index (χ0n) is 18.8. The van der Waals surface area contributed by atoms with E-state index in [2.05, 4.69) is 16.3 Å². The monoisotopic (exact) mass is 442 g/mol. The van der Waals surface area contributed by atoms with Crippen LogP contribution in [-0.4, -0.2) is 71.6 Å². The van der Waals surface area contributed by atoms with Crippen molar-refractivity contribution in [2.45, 2.75) is 80.6 Å². The van der Waals surface area contributed by atoms with Crippen molar-refractivity contribution in [3.63, 3.8) is 0 Å². The molecule has 5 aliphatic rings. The van der Waals surface area contributed by atoms with Gasteiger partial charge in [-0.2, -0.15) is 0 Å². The van der Waals surface area contributed by atoms with Gasteiger partial charge in [-0.1, -0.05) is 6.07 Å². The van der Waals surface area contributed by atoms with Crippen molar-refractivity contribution in [1.29, 1.82) is 0 Å². The topological polar surface area (TPSA) is 91.3 Å². The average Bonchev–Trinajstić information content (AvgIpc) is 3.52. The molecular weight excluding hydrogens is 408 g/mol. The Morgan fingerprint density at radius 3 is 2.91 bits per heavy atom. The molecule has 2 saturated carbocycles. The third-order valence-corrected chi connectivity index (χ3v) is 9.06. The number of phenolic OH excluding ortho intramolecular Hbond substituents is 1. The van der Waals surface area contributed by atoms with E-state index < -0.39 is 5.97 Å². The molecule has 0 amide bonds. The number of phenols is 1. The van der Waals surface area contributed by atoms with Gasteiger partial charge in [0.15, 0.2) is 11.5 Å². The van der Waals surface area contributed by atoms with E-state index in [0.717, 1.165) is 44.7 Å². The number of carbonyl (C=O) groups is 1. The maximum atomic E-state index is 10.9. The molecule has 2 bridgehead atoms. The van der Waals surface area contributed by atoms with Crippen molar-refractivity contribution in [1.82, 2.24) is 10.2 Å². The quantitative estimate of drug-likeness (QED) is 0.533. The van der Waals surface area contributed by atoms with Crippen LogP contribution in [0.4, 0.5) is 0 Å². The lowest BCUT2D eigenvalue weighted by molar-refractivity contribution is -0.207. The van der Waals surface area contributed by atoms with Crippen LogP contribution < -0.4 is 10.1 Å². The second kappa shape index (κ2) is 7.34. The molecule has 0 aromatic heterocycles. The minimum atomic E-state index is -0.760. The molecule has 3 fully saturated rings. The predicted octanol–water partition coefficient (Wildman–Crippen LogP) is 2.43. The van der Waals surface area contributed by atoms with Gasteiger partial charge in [0.2, 0.25) is 0 Å². The number of aromatic hydroxyl groups is 1. The molecular formula is C25H34N2O5. The van der Waals surface area contributed by atoms with Gasteiger partial charge in [-0.15, -0.1) is 0 Å². The number of hydrogen-bond donors (Lipinski definition) is 3. The van der Waals surface area contributed by atoms with E-state index in [1.54, 1.807) is 6.07 Å². The summed E-state index contributed by atoms with van der Waals surface area (Å²) in [5, 5.41) is 23.4. The van der Waals surface area contributed by atoms with Gasteiger partial charge >= 0.3 is 5.97 Å². The van der Waals surface area contributed by atoms with Crippen molar-refractivity contribution in [3.8, 4) is 11.5 Å². The first-order valence-electron chi connectivity index (χ1n) is 12.3. The smallest absolute Gasteiger partial charge is 0.303 e. The lowest BCUT2D eigenvalue weighted by Gasteiger charge is -2.65. The standard InChI is InChI=1S/C25H34N2O5/c1-31-25-9-8-17(26-11-2-3-20(29)30)23-24(25)10-12-27(14-15-4-5-15)19(25)13-16-6-7-18(28)22(32-23)21(16)24/h6-7,15,17,19,23,26,28H,2-5,8-14H2,1H3,(H,29,30)/t17-,19?,23+,24+,25-/m1/s1. The first-order chi connectivity index (χ1) is 15.5. The Morgan fingerprint density at radius 1 is 1.31 bits per heavy atom. The van der Waals surface area contributed by atoms with E-state index in [0.29, 0.717) is 24.8 Å².